The first kappa shape index (κ1) is 127. The number of ether oxygens (including phenoxy) is 2. The normalized spacial score (nSPS) is 13.7. The predicted octanol–water partition coefficient (Wildman–Crippen LogP) is 4.13. The molecule has 0 heterocycles. The minimum absolute atomic E-state index is 0.00567. The summed E-state index contributed by atoms with van der Waals surface area (Å²) in [4.78, 5) is 119. The summed E-state index contributed by atoms with van der Waals surface area (Å²) < 4.78 is 10.8. The van der Waals surface area contributed by atoms with Gasteiger partial charge in [0.1, 0.15) is 23.3 Å². The number of alkyl carbamates (subject to hydrolysis) is 1. The van der Waals surface area contributed by atoms with E-state index in [0.717, 1.165) is 23.2 Å². The average Bonchev–Trinajstić information content (AvgIpc) is 0.864. The van der Waals surface area contributed by atoms with Gasteiger partial charge in [-0.2, -0.15) is 20.0 Å². The van der Waals surface area contributed by atoms with Crippen molar-refractivity contribution in [3.05, 3.63) is 0 Å². The first-order valence-electron chi connectivity index (χ1n) is 39.9. The molecule has 0 aliphatic rings. The third-order valence-electron chi connectivity index (χ3n) is 14.4. The van der Waals surface area contributed by atoms with E-state index in [2.05, 4.69) is 91.0 Å². The number of nitrogens with one attached hydrogen (secondary N) is 5. The van der Waals surface area contributed by atoms with Crippen LogP contribution in [0.2, 0.25) is 0 Å². The number of carbonyl (C=O) groups is 7. The molecule has 0 aromatic heterocycles. The van der Waals surface area contributed by atoms with Gasteiger partial charge in [-0.1, -0.05) is 90.0 Å². The summed E-state index contributed by atoms with van der Waals surface area (Å²) in [7, 11) is 20.4. The van der Waals surface area contributed by atoms with E-state index in [-0.39, 0.29) is 123 Å². The van der Waals surface area contributed by atoms with Crippen LogP contribution in [0.5, 0.6) is 0 Å². The summed E-state index contributed by atoms with van der Waals surface area (Å²) in [6.07, 6.45) is 1.90. The van der Waals surface area contributed by atoms with Crippen molar-refractivity contribution in [3.8, 4) is 0 Å². The number of guanidine groups is 10. The van der Waals surface area contributed by atoms with E-state index in [1.54, 1.807) is 126 Å². The van der Waals surface area contributed by atoms with Gasteiger partial charge in [0.25, 0.3) is 5.96 Å². The molecule has 0 aliphatic heterocycles. The van der Waals surface area contributed by atoms with Crippen molar-refractivity contribution in [2.45, 2.75) is 279 Å². The van der Waals surface area contributed by atoms with Crippen LogP contribution in [0, 0.1) is 43.8 Å². The molecule has 0 saturated carbocycles. The number of amides is 2. The summed E-state index contributed by atoms with van der Waals surface area (Å²) in [6.45, 7) is 51.8. The lowest BCUT2D eigenvalue weighted by Crippen LogP contribution is -2.45. The largest absolute Gasteiger partial charge is 0.425 e. The van der Waals surface area contributed by atoms with Gasteiger partial charge in [-0.15, -0.1) is 0 Å². The second-order valence-corrected chi connectivity index (χ2v) is 38.3. The molecule has 0 bridgehead atoms. The third kappa shape index (κ3) is 82.5. The van der Waals surface area contributed by atoms with Gasteiger partial charge in [0.05, 0.1) is 57.3 Å². The first-order chi connectivity index (χ1) is 53.9. The van der Waals surface area contributed by atoms with E-state index in [1.165, 1.54) is 31.7 Å². The van der Waals surface area contributed by atoms with E-state index in [0.29, 0.717) is 50.7 Å². The molecule has 41 heteroatoms. The number of Topliss-reactive ketones (excluding diaryl/α,β-unsaturated/α-hetero) is 4. The summed E-state index contributed by atoms with van der Waals surface area (Å²) in [6, 6.07) is -0.786. The Labute approximate surface area is 726 Å². The highest BCUT2D eigenvalue weighted by Gasteiger charge is 2.33. The fraction of sp³-hybridized carbons (Fsp3) is 0.787. The molecular weight excluding hydrogens is 1560 g/mol. The lowest BCUT2D eigenvalue weighted by molar-refractivity contribution is -0.870. The van der Waals surface area contributed by atoms with Gasteiger partial charge in [-0.25, -0.2) is 9.79 Å². The van der Waals surface area contributed by atoms with Crippen LogP contribution in [0.3, 0.4) is 0 Å². The lowest BCUT2D eigenvalue weighted by atomic mass is 9.83. The van der Waals surface area contributed by atoms with Crippen molar-refractivity contribution < 1.29 is 62.6 Å². The Morgan fingerprint density at radius 2 is 0.959 bits per heavy atom. The average molecular weight is 1730 g/mol. The van der Waals surface area contributed by atoms with Crippen LogP contribution in [0.4, 0.5) is 4.79 Å². The molecular formula is C80H172N29O12+. The number of quaternary nitrogens is 1. The van der Waals surface area contributed by atoms with Crippen molar-refractivity contribution in [2.75, 3.05) is 104 Å². The van der Waals surface area contributed by atoms with Gasteiger partial charge < -0.3 is 117 Å². The Morgan fingerprint density at radius 3 is 1.31 bits per heavy atom. The molecule has 0 saturated heterocycles. The van der Waals surface area contributed by atoms with Gasteiger partial charge in [-0.3, -0.25) is 60.2 Å². The van der Waals surface area contributed by atoms with Crippen LogP contribution in [0.15, 0.2) is 40.1 Å². The van der Waals surface area contributed by atoms with Crippen LogP contribution >= 0.6 is 0 Å². The number of hydrogen-bond donors (Lipinski definition) is 18. The number of esters is 1. The highest BCUT2D eigenvalue weighted by Crippen LogP contribution is 2.24. The van der Waals surface area contributed by atoms with E-state index in [9.17, 15) is 38.7 Å². The number of ketones is 4. The number of aliphatic imine (C=N–C) groups is 7. The van der Waals surface area contributed by atoms with Gasteiger partial charge in [0, 0.05) is 116 Å². The zero-order valence-corrected chi connectivity index (χ0v) is 81.5. The van der Waals surface area contributed by atoms with Crippen LogP contribution in [0.25, 0.3) is 0 Å². The number of aliphatic hydroxyl groups excluding tert-OH is 2. The number of oxime groups is 1. The molecule has 1 unspecified atom stereocenters. The van der Waals surface area contributed by atoms with Gasteiger partial charge in [-0.05, 0) is 140 Å². The van der Waals surface area contributed by atoms with Gasteiger partial charge >= 0.3 is 12.1 Å². The summed E-state index contributed by atoms with van der Waals surface area (Å²) in [5.41, 5.74) is 56.8. The maximum Gasteiger partial charge on any atom is 0.417 e. The minimum Gasteiger partial charge on any atom is -0.425 e. The van der Waals surface area contributed by atoms with Gasteiger partial charge in [0.15, 0.2) is 41.4 Å². The highest BCUT2D eigenvalue weighted by molar-refractivity contribution is 6.03. The van der Waals surface area contributed by atoms with E-state index >= 15 is 0 Å². The number of nitrogens with two attached hydrogens (primary N) is 11. The second-order valence-electron chi connectivity index (χ2n) is 38.3. The van der Waals surface area contributed by atoms with E-state index in [4.69, 9.17) is 93.3 Å². The second kappa shape index (κ2) is 60.0. The standard InChI is InChI=1S/C14H26O4.C12H23N5O4.C11H24N4O.C10H22N4O.C9H19N5O.C8H19N5O.C8H19N5.C8H20N/c1-13(2,3)11(17)8-6-7-10(16)12(18)14(4,5)9-15;1-7(20-8(18)12(2,3)4)21-11(19)16-9(13)15-10(14)17(5)6;1-8(16)9(12)6-5-7-14-10(13)15-11(2,3)4;1-10(2,3)8(15)7(11)5-4-6-14-9(12)13;1-9(2,3)6(15)12-7(10)13-8(11)14(4)5;1-8(2,3)14-12-6(9)11-7(10)13(4)5;1-8(2,3)12-6(9)11-7(10)13(4)5;1-8(2)6-7-9(3,4)5/h12,15,18H,6-9H2,1-5H3;7H,1-6H3,(H4,13,14,15,16,19);9H,5-7,12H2,1-4H3,(H3,13,14,15);7H,4-6,11H2,1-3H3,(H4,12,13,14);1-5H3,(H4,10,11,12,13,15);1-5H3,(H4,9,10,11,12);1-5H3,(H4,9,10,11,12);8H,6-7H2,1-5H3/q;;;;;;;+1/t12-;;9-;7-;;;;/m0.00..../s1. The maximum absolute atomic E-state index is 11.7. The monoisotopic (exact) mass is 1730 g/mol. The van der Waals surface area contributed by atoms with Crippen LogP contribution < -0.4 is 79.0 Å². The molecule has 0 radical (unpaired) electrons. The predicted molar refractivity (Wildman–Crippen MR) is 495 cm³/mol. The maximum atomic E-state index is 11.7. The third-order valence-corrected chi connectivity index (χ3v) is 14.4. The number of nitrogens with zero attached hydrogens (tertiary/aromatic N) is 13. The van der Waals surface area contributed by atoms with Crippen LogP contribution in [-0.2, 0) is 43.1 Å². The molecule has 41 nitrogen and oxygen atoms in total. The number of rotatable bonds is 23. The number of hydrogen-bond acceptors (Lipinski definition) is 20. The Bertz CT molecular complexity index is 3340. The quantitative estimate of drug-likeness (QED) is 0.0130. The topological polar surface area (TPSA) is 669 Å². The van der Waals surface area contributed by atoms with E-state index in [1.807, 2.05) is 104 Å². The Balaban J connectivity index is -0.000000203. The fourth-order valence-corrected chi connectivity index (χ4v) is 6.87. The summed E-state index contributed by atoms with van der Waals surface area (Å²) in [5.74, 6) is 0.833. The van der Waals surface area contributed by atoms with Crippen molar-refractivity contribution in [1.29, 1.82) is 10.8 Å². The summed E-state index contributed by atoms with van der Waals surface area (Å²) in [5, 5.41) is 44.8. The highest BCUT2D eigenvalue weighted by atomic mass is 16.7. The minimum atomic E-state index is -1.17. The van der Waals surface area contributed by atoms with Crippen molar-refractivity contribution >= 4 is 101 Å². The molecule has 0 aromatic rings. The molecule has 4 atom stereocenters. The molecule has 0 aromatic carbocycles. The van der Waals surface area contributed by atoms with Crippen molar-refractivity contribution in [1.82, 2.24) is 35.6 Å². The molecule has 708 valence electrons. The Morgan fingerprint density at radius 1 is 0.521 bits per heavy atom. The molecule has 0 rings (SSSR count). The Kier molecular flexibility index (Phi) is 63.0. The van der Waals surface area contributed by atoms with Crippen LogP contribution in [0.1, 0.15) is 238 Å². The van der Waals surface area contributed by atoms with Crippen molar-refractivity contribution in [3.63, 3.8) is 0 Å². The van der Waals surface area contributed by atoms with Gasteiger partial charge in [0.2, 0.25) is 36.0 Å². The zero-order chi connectivity index (χ0) is 97.9. The van der Waals surface area contributed by atoms with Crippen LogP contribution in [-0.4, -0.2) is 280 Å². The van der Waals surface area contributed by atoms with E-state index < -0.39 is 46.7 Å². The zero-order valence-electron chi connectivity index (χ0n) is 81.5. The molecule has 0 aliphatic carbocycles. The number of carbonyl (C=O) groups excluding carboxylic acids is 7. The molecule has 29 N–H and O–H groups in total. The Hall–Kier alpha value is -9.61. The first-order valence-corrected chi connectivity index (χ1v) is 39.9. The number of aliphatic hydroxyl groups is 2. The SMILES string of the molecule is CC(=O)[C@@H](N)CCCN=C(N)NC(C)(C)C.CC(C)(C)C(=O)CCCC(=O)[C@H](O)C(C)(C)CO.CC(C)(C)C(=O)[C@@H](N)CCCN=C(N)N.CC(C)CC[N+](C)(C)C.CC(OC(=O)NC(N)=NC(=N)N(C)C)OC(=O)C(C)(C)C.CN(C)C(N)=NC(=N)NC(=O)C(C)(C)C.CN(C)C(N)=NC(N)=NC(C)(C)C.CN(C)C(N)=NC(N)=NOC(C)(C)C. The molecule has 0 spiro atoms. The molecule has 2 amide bonds. The lowest BCUT2D eigenvalue weighted by Gasteiger charge is -2.27. The summed E-state index contributed by atoms with van der Waals surface area (Å²) >= 11 is 0. The smallest absolute Gasteiger partial charge is 0.417 e. The fourth-order valence-electron chi connectivity index (χ4n) is 6.87. The molecule has 121 heavy (non-hydrogen) atoms. The molecule has 0 fully saturated rings. The van der Waals surface area contributed by atoms with Crippen molar-refractivity contribution in [2.24, 2.45) is 136 Å².